The molecule has 0 aliphatic carbocycles. The van der Waals surface area contributed by atoms with Gasteiger partial charge >= 0.3 is 0 Å². The molecule has 0 aliphatic rings. The average Bonchev–Trinajstić information content (AvgIpc) is 3.25. The second-order valence-corrected chi connectivity index (χ2v) is 6.58. The Labute approximate surface area is 170 Å². The lowest BCUT2D eigenvalue weighted by molar-refractivity contribution is 0.414. The largest absolute Gasteiger partial charge is 0.497 e. The van der Waals surface area contributed by atoms with Crippen LogP contribution in [-0.4, -0.2) is 26.2 Å². The number of aliphatic imine (C=N–C) groups is 1. The first kappa shape index (κ1) is 20.5. The molecule has 2 N–H and O–H groups in total. The summed E-state index contributed by atoms with van der Waals surface area (Å²) in [5, 5.41) is 6.65. The lowest BCUT2D eigenvalue weighted by Crippen LogP contribution is -2.39. The van der Waals surface area contributed by atoms with Crippen LogP contribution < -0.4 is 15.4 Å². The van der Waals surface area contributed by atoms with Gasteiger partial charge in [-0.15, -0.1) is 0 Å². The lowest BCUT2D eigenvalue weighted by atomic mass is 10.1. The predicted octanol–water partition coefficient (Wildman–Crippen LogP) is 3.95. The number of hydrogen-bond donors (Lipinski definition) is 2. The maximum Gasteiger partial charge on any atom is 0.191 e. The summed E-state index contributed by atoms with van der Waals surface area (Å²) in [6.45, 7) is 1.89. The molecule has 3 rings (SSSR count). The summed E-state index contributed by atoms with van der Waals surface area (Å²) < 4.78 is 23.9. The Balaban J connectivity index is 1.56. The van der Waals surface area contributed by atoms with Gasteiger partial charge in [0.05, 0.1) is 19.9 Å². The van der Waals surface area contributed by atoms with E-state index in [9.17, 15) is 4.39 Å². The molecule has 0 saturated carbocycles. The van der Waals surface area contributed by atoms with Crippen molar-refractivity contribution in [1.29, 1.82) is 0 Å². The molecular weight excluding hydrogens is 369 g/mol. The zero-order valence-corrected chi connectivity index (χ0v) is 16.5. The molecule has 0 amide bonds. The van der Waals surface area contributed by atoms with E-state index in [0.717, 1.165) is 29.1 Å². The molecule has 2 aromatic carbocycles. The smallest absolute Gasteiger partial charge is 0.191 e. The molecule has 1 aromatic heterocycles. The van der Waals surface area contributed by atoms with Gasteiger partial charge in [-0.3, -0.25) is 0 Å². The maximum atomic E-state index is 13.3. The van der Waals surface area contributed by atoms with Gasteiger partial charge in [0.1, 0.15) is 17.3 Å². The van der Waals surface area contributed by atoms with E-state index in [2.05, 4.69) is 15.6 Å². The van der Waals surface area contributed by atoms with E-state index in [1.807, 2.05) is 42.5 Å². The topological polar surface area (TPSA) is 58.8 Å². The summed E-state index contributed by atoms with van der Waals surface area (Å²) in [4.78, 5) is 4.67. The first-order valence-corrected chi connectivity index (χ1v) is 9.65. The number of methoxy groups -OCH3 is 1. The monoisotopic (exact) mass is 395 g/mol. The van der Waals surface area contributed by atoms with E-state index in [0.29, 0.717) is 32.0 Å². The van der Waals surface area contributed by atoms with Crippen molar-refractivity contribution in [3.05, 3.63) is 89.6 Å². The van der Waals surface area contributed by atoms with E-state index in [1.165, 1.54) is 6.07 Å². The Bertz CT molecular complexity index is 893. The molecule has 6 heteroatoms. The fourth-order valence-corrected chi connectivity index (χ4v) is 2.85. The van der Waals surface area contributed by atoms with Gasteiger partial charge in [-0.2, -0.15) is 0 Å². The quantitative estimate of drug-likeness (QED) is 0.426. The van der Waals surface area contributed by atoms with Crippen LogP contribution in [0.25, 0.3) is 0 Å². The highest BCUT2D eigenvalue weighted by molar-refractivity contribution is 5.79. The van der Waals surface area contributed by atoms with E-state index in [1.54, 1.807) is 25.5 Å². The number of guanidine groups is 1. The van der Waals surface area contributed by atoms with Gasteiger partial charge in [-0.05, 0) is 53.9 Å². The lowest BCUT2D eigenvalue weighted by Gasteiger charge is -2.12. The fourth-order valence-electron chi connectivity index (χ4n) is 2.85. The molecule has 3 aromatic rings. The number of benzene rings is 2. The third-order valence-corrected chi connectivity index (χ3v) is 4.42. The van der Waals surface area contributed by atoms with Crippen molar-refractivity contribution in [1.82, 2.24) is 10.6 Å². The molecular formula is C23H26FN3O2. The number of ether oxygens (including phenoxy) is 1. The second kappa shape index (κ2) is 10.9. The van der Waals surface area contributed by atoms with Crippen molar-refractivity contribution in [3.63, 3.8) is 0 Å². The molecule has 0 atom stereocenters. The van der Waals surface area contributed by atoms with Crippen LogP contribution >= 0.6 is 0 Å². The highest BCUT2D eigenvalue weighted by Crippen LogP contribution is 2.12. The standard InChI is InChI=1S/C23H26FN3O2/c1-28-21-9-7-19(8-10-21)17-27-23(26-14-12-22-6-3-15-29-22)25-13-11-18-4-2-5-20(24)16-18/h2-10,15-16H,11-14,17H2,1H3,(H2,25,26,27). The Hall–Kier alpha value is -3.28. The highest BCUT2D eigenvalue weighted by Gasteiger charge is 2.02. The minimum atomic E-state index is -0.215. The summed E-state index contributed by atoms with van der Waals surface area (Å²) in [5.41, 5.74) is 2.03. The normalized spacial score (nSPS) is 11.3. The molecule has 0 radical (unpaired) electrons. The first-order chi connectivity index (χ1) is 14.2. The SMILES string of the molecule is COc1ccc(CN=C(NCCc2cccc(F)c2)NCCc2ccco2)cc1. The summed E-state index contributed by atoms with van der Waals surface area (Å²) in [6.07, 6.45) is 3.14. The third-order valence-electron chi connectivity index (χ3n) is 4.42. The van der Waals surface area contributed by atoms with Crippen LogP contribution in [0.4, 0.5) is 4.39 Å². The van der Waals surface area contributed by atoms with Crippen molar-refractivity contribution in [3.8, 4) is 5.75 Å². The van der Waals surface area contributed by atoms with Crippen LogP contribution in [0.2, 0.25) is 0 Å². The summed E-state index contributed by atoms with van der Waals surface area (Å²) in [6, 6.07) is 18.3. The molecule has 0 saturated heterocycles. The molecule has 5 nitrogen and oxygen atoms in total. The number of hydrogen-bond acceptors (Lipinski definition) is 3. The Morgan fingerprint density at radius 3 is 2.45 bits per heavy atom. The van der Waals surface area contributed by atoms with E-state index >= 15 is 0 Å². The van der Waals surface area contributed by atoms with Crippen LogP contribution in [-0.2, 0) is 19.4 Å². The predicted molar refractivity (Wildman–Crippen MR) is 113 cm³/mol. The zero-order valence-electron chi connectivity index (χ0n) is 16.5. The molecule has 0 bridgehead atoms. The fraction of sp³-hybridized carbons (Fsp3) is 0.261. The van der Waals surface area contributed by atoms with Crippen LogP contribution in [0, 0.1) is 5.82 Å². The van der Waals surface area contributed by atoms with E-state index < -0.39 is 0 Å². The number of nitrogens with one attached hydrogen (secondary N) is 2. The van der Waals surface area contributed by atoms with E-state index in [4.69, 9.17) is 9.15 Å². The van der Waals surface area contributed by atoms with Crippen LogP contribution in [0.1, 0.15) is 16.9 Å². The van der Waals surface area contributed by atoms with Gasteiger partial charge < -0.3 is 19.8 Å². The molecule has 0 aliphatic heterocycles. The first-order valence-electron chi connectivity index (χ1n) is 9.65. The second-order valence-electron chi connectivity index (χ2n) is 6.58. The summed E-state index contributed by atoms with van der Waals surface area (Å²) in [5.74, 6) is 2.24. The molecule has 0 fully saturated rings. The van der Waals surface area contributed by atoms with Gasteiger partial charge in [0, 0.05) is 19.5 Å². The number of furan rings is 1. The van der Waals surface area contributed by atoms with Crippen molar-refractivity contribution in [2.45, 2.75) is 19.4 Å². The minimum Gasteiger partial charge on any atom is -0.497 e. The third kappa shape index (κ3) is 6.99. The molecule has 1 heterocycles. The van der Waals surface area contributed by atoms with Crippen molar-refractivity contribution in [2.24, 2.45) is 4.99 Å². The maximum absolute atomic E-state index is 13.3. The zero-order chi connectivity index (χ0) is 20.3. The Morgan fingerprint density at radius 2 is 1.76 bits per heavy atom. The molecule has 29 heavy (non-hydrogen) atoms. The minimum absolute atomic E-state index is 0.215. The van der Waals surface area contributed by atoms with Crippen LogP contribution in [0.5, 0.6) is 5.75 Å². The number of rotatable bonds is 9. The average molecular weight is 395 g/mol. The molecule has 152 valence electrons. The van der Waals surface area contributed by atoms with Crippen molar-refractivity contribution in [2.75, 3.05) is 20.2 Å². The van der Waals surface area contributed by atoms with Gasteiger partial charge in [-0.25, -0.2) is 9.38 Å². The summed E-state index contributed by atoms with van der Waals surface area (Å²) in [7, 11) is 1.65. The number of nitrogens with zero attached hydrogens (tertiary/aromatic N) is 1. The molecule has 0 unspecified atom stereocenters. The van der Waals surface area contributed by atoms with Crippen molar-refractivity contribution < 1.29 is 13.5 Å². The molecule has 0 spiro atoms. The van der Waals surface area contributed by atoms with Crippen LogP contribution in [0.15, 0.2) is 76.3 Å². The number of halogens is 1. The van der Waals surface area contributed by atoms with Crippen LogP contribution in [0.3, 0.4) is 0 Å². The van der Waals surface area contributed by atoms with Crippen molar-refractivity contribution >= 4 is 5.96 Å². The highest BCUT2D eigenvalue weighted by atomic mass is 19.1. The Kier molecular flexibility index (Phi) is 7.69. The van der Waals surface area contributed by atoms with Gasteiger partial charge in [0.25, 0.3) is 0 Å². The van der Waals surface area contributed by atoms with Gasteiger partial charge in [0.2, 0.25) is 0 Å². The summed E-state index contributed by atoms with van der Waals surface area (Å²) >= 11 is 0. The van der Waals surface area contributed by atoms with Gasteiger partial charge in [-0.1, -0.05) is 24.3 Å². The van der Waals surface area contributed by atoms with Gasteiger partial charge in [0.15, 0.2) is 5.96 Å². The van der Waals surface area contributed by atoms with E-state index in [-0.39, 0.29) is 5.82 Å². The Morgan fingerprint density at radius 1 is 0.966 bits per heavy atom.